The van der Waals surface area contributed by atoms with Crippen molar-refractivity contribution in [1.29, 1.82) is 0 Å². The van der Waals surface area contributed by atoms with E-state index in [0.717, 1.165) is 11.5 Å². The van der Waals surface area contributed by atoms with Crippen molar-refractivity contribution in [1.82, 2.24) is 0 Å². The fourth-order valence-corrected chi connectivity index (χ4v) is 1.91. The summed E-state index contributed by atoms with van der Waals surface area (Å²) in [5.41, 5.74) is 6.87. The first-order valence-electron chi connectivity index (χ1n) is 4.31. The van der Waals surface area contributed by atoms with Gasteiger partial charge < -0.3 is 10.8 Å². The molecular formula is C10H16ClNOS. The van der Waals surface area contributed by atoms with Gasteiger partial charge in [0.15, 0.2) is 0 Å². The Kier molecular flexibility index (Phi) is 7.99. The maximum absolute atomic E-state index is 8.69. The van der Waals surface area contributed by atoms with Gasteiger partial charge in [0.25, 0.3) is 0 Å². The molecule has 1 aromatic rings. The van der Waals surface area contributed by atoms with Gasteiger partial charge in [0.1, 0.15) is 0 Å². The summed E-state index contributed by atoms with van der Waals surface area (Å²) in [6.07, 6.45) is 0. The molecule has 80 valence electrons. The topological polar surface area (TPSA) is 46.2 Å². The maximum Gasteiger partial charge on any atom is 0.0590 e. The molecule has 0 saturated heterocycles. The van der Waals surface area contributed by atoms with Crippen LogP contribution in [0.25, 0.3) is 0 Å². The van der Waals surface area contributed by atoms with Crippen LogP contribution < -0.4 is 5.73 Å². The third kappa shape index (κ3) is 5.50. The Labute approximate surface area is 95.3 Å². The average Bonchev–Trinajstić information content (AvgIpc) is 2.19. The lowest BCUT2D eigenvalue weighted by Crippen LogP contribution is -2.26. The van der Waals surface area contributed by atoms with Crippen LogP contribution in [0.2, 0.25) is 0 Å². The minimum atomic E-state index is -0.0892. The Balaban J connectivity index is 0.00000169. The molecule has 0 amide bonds. The molecule has 0 bridgehead atoms. The molecule has 0 spiro atoms. The number of rotatable bonds is 5. The molecule has 3 N–H and O–H groups in total. The standard InChI is InChI=1S/C10H15NOS.ClH/c11-10(6-12)8-13-7-9-4-2-1-3-5-9;/h1-5,10,12H,6-8,11H2;1H. The van der Waals surface area contributed by atoms with Crippen molar-refractivity contribution in [2.24, 2.45) is 5.73 Å². The summed E-state index contributed by atoms with van der Waals surface area (Å²) in [5.74, 6) is 1.78. The summed E-state index contributed by atoms with van der Waals surface area (Å²) in [4.78, 5) is 0. The van der Waals surface area contributed by atoms with Gasteiger partial charge in [-0.3, -0.25) is 0 Å². The van der Waals surface area contributed by atoms with E-state index in [4.69, 9.17) is 10.8 Å². The Morgan fingerprint density at radius 2 is 1.93 bits per heavy atom. The van der Waals surface area contributed by atoms with Crippen molar-refractivity contribution in [3.05, 3.63) is 35.9 Å². The molecule has 0 heterocycles. The highest BCUT2D eigenvalue weighted by atomic mass is 35.5. The van der Waals surface area contributed by atoms with E-state index < -0.39 is 0 Å². The maximum atomic E-state index is 8.69. The van der Waals surface area contributed by atoms with Crippen LogP contribution in [-0.2, 0) is 5.75 Å². The zero-order valence-electron chi connectivity index (χ0n) is 7.93. The van der Waals surface area contributed by atoms with Gasteiger partial charge in [-0.2, -0.15) is 11.8 Å². The molecule has 0 fully saturated rings. The van der Waals surface area contributed by atoms with Crippen molar-refractivity contribution in [2.75, 3.05) is 12.4 Å². The van der Waals surface area contributed by atoms with Crippen LogP contribution in [0.3, 0.4) is 0 Å². The second kappa shape index (κ2) is 8.12. The minimum Gasteiger partial charge on any atom is -0.395 e. The summed E-state index contributed by atoms with van der Waals surface area (Å²) in [6.45, 7) is 0.0712. The van der Waals surface area contributed by atoms with E-state index in [0.29, 0.717) is 0 Å². The monoisotopic (exact) mass is 233 g/mol. The summed E-state index contributed by atoms with van der Waals surface area (Å²) in [7, 11) is 0. The number of benzene rings is 1. The molecule has 4 heteroatoms. The molecule has 1 unspecified atom stereocenters. The molecular weight excluding hydrogens is 218 g/mol. The second-order valence-electron chi connectivity index (χ2n) is 2.94. The lowest BCUT2D eigenvalue weighted by atomic mass is 10.2. The number of hydrogen-bond donors (Lipinski definition) is 2. The third-order valence-corrected chi connectivity index (χ3v) is 2.88. The number of thioether (sulfide) groups is 1. The van der Waals surface area contributed by atoms with Gasteiger partial charge in [-0.15, -0.1) is 12.4 Å². The number of aliphatic hydroxyl groups is 1. The van der Waals surface area contributed by atoms with E-state index in [1.165, 1.54) is 5.56 Å². The summed E-state index contributed by atoms with van der Waals surface area (Å²) >= 11 is 1.75. The van der Waals surface area contributed by atoms with Crippen molar-refractivity contribution in [2.45, 2.75) is 11.8 Å². The Morgan fingerprint density at radius 3 is 2.50 bits per heavy atom. The molecule has 0 radical (unpaired) electrons. The lowest BCUT2D eigenvalue weighted by Gasteiger charge is -2.06. The normalized spacial score (nSPS) is 11.9. The quantitative estimate of drug-likeness (QED) is 0.813. The van der Waals surface area contributed by atoms with Crippen LogP contribution in [0.15, 0.2) is 30.3 Å². The van der Waals surface area contributed by atoms with Crippen LogP contribution in [0.1, 0.15) is 5.56 Å². The number of halogens is 1. The molecule has 14 heavy (non-hydrogen) atoms. The molecule has 2 nitrogen and oxygen atoms in total. The van der Waals surface area contributed by atoms with Crippen molar-refractivity contribution in [3.63, 3.8) is 0 Å². The van der Waals surface area contributed by atoms with Crippen LogP contribution in [0.5, 0.6) is 0 Å². The molecule has 1 atom stereocenters. The van der Waals surface area contributed by atoms with Crippen LogP contribution in [0.4, 0.5) is 0 Å². The van der Waals surface area contributed by atoms with Crippen LogP contribution in [0, 0.1) is 0 Å². The Bertz CT molecular complexity index is 233. The molecule has 1 rings (SSSR count). The van der Waals surface area contributed by atoms with Gasteiger partial charge in [-0.1, -0.05) is 30.3 Å². The molecule has 1 aromatic carbocycles. The smallest absolute Gasteiger partial charge is 0.0590 e. The van der Waals surface area contributed by atoms with E-state index in [-0.39, 0.29) is 25.1 Å². The average molecular weight is 234 g/mol. The predicted octanol–water partition coefficient (Wildman–Crippen LogP) is 1.66. The van der Waals surface area contributed by atoms with E-state index in [2.05, 4.69) is 12.1 Å². The largest absolute Gasteiger partial charge is 0.395 e. The van der Waals surface area contributed by atoms with Crippen molar-refractivity contribution >= 4 is 24.2 Å². The summed E-state index contributed by atoms with van der Waals surface area (Å²) in [6, 6.07) is 10.2. The SMILES string of the molecule is Cl.NC(CO)CSCc1ccccc1. The zero-order valence-corrected chi connectivity index (χ0v) is 9.56. The molecule has 0 aliphatic heterocycles. The van der Waals surface area contributed by atoms with Crippen LogP contribution >= 0.6 is 24.2 Å². The molecule has 0 saturated carbocycles. The van der Waals surface area contributed by atoms with E-state index >= 15 is 0 Å². The Morgan fingerprint density at radius 1 is 1.29 bits per heavy atom. The number of nitrogens with two attached hydrogens (primary N) is 1. The van der Waals surface area contributed by atoms with Gasteiger partial charge in [0, 0.05) is 17.5 Å². The first-order valence-corrected chi connectivity index (χ1v) is 5.46. The summed E-state index contributed by atoms with van der Waals surface area (Å²) < 4.78 is 0. The van der Waals surface area contributed by atoms with E-state index in [1.54, 1.807) is 11.8 Å². The highest BCUT2D eigenvalue weighted by Gasteiger charge is 1.99. The van der Waals surface area contributed by atoms with Crippen molar-refractivity contribution < 1.29 is 5.11 Å². The molecule has 0 aliphatic rings. The second-order valence-corrected chi connectivity index (χ2v) is 3.97. The zero-order chi connectivity index (χ0) is 9.52. The number of hydrogen-bond acceptors (Lipinski definition) is 3. The van der Waals surface area contributed by atoms with Crippen molar-refractivity contribution in [3.8, 4) is 0 Å². The first kappa shape index (κ1) is 13.8. The fourth-order valence-electron chi connectivity index (χ4n) is 0.955. The lowest BCUT2D eigenvalue weighted by molar-refractivity contribution is 0.275. The van der Waals surface area contributed by atoms with Gasteiger partial charge in [-0.25, -0.2) is 0 Å². The molecule has 0 aliphatic carbocycles. The van der Waals surface area contributed by atoms with Gasteiger partial charge >= 0.3 is 0 Å². The predicted molar refractivity (Wildman–Crippen MR) is 64.9 cm³/mol. The first-order chi connectivity index (χ1) is 6.33. The Hall–Kier alpha value is -0.220. The summed E-state index contributed by atoms with van der Waals surface area (Å²) in [5, 5.41) is 8.69. The van der Waals surface area contributed by atoms with E-state index in [9.17, 15) is 0 Å². The van der Waals surface area contributed by atoms with Crippen LogP contribution in [-0.4, -0.2) is 23.5 Å². The van der Waals surface area contributed by atoms with E-state index in [1.807, 2.05) is 18.2 Å². The molecule has 0 aromatic heterocycles. The highest BCUT2D eigenvalue weighted by molar-refractivity contribution is 7.98. The third-order valence-electron chi connectivity index (χ3n) is 1.68. The minimum absolute atomic E-state index is 0. The fraction of sp³-hybridized carbons (Fsp3) is 0.400. The van der Waals surface area contributed by atoms with Gasteiger partial charge in [0.2, 0.25) is 0 Å². The number of aliphatic hydroxyl groups excluding tert-OH is 1. The van der Waals surface area contributed by atoms with Gasteiger partial charge in [-0.05, 0) is 5.56 Å². The van der Waals surface area contributed by atoms with Gasteiger partial charge in [0.05, 0.1) is 6.61 Å². The highest BCUT2D eigenvalue weighted by Crippen LogP contribution is 2.11.